The molecule has 0 saturated carbocycles. The molecule has 18 heavy (non-hydrogen) atoms. The van der Waals surface area contributed by atoms with Crippen LogP contribution in [0, 0.1) is 13.8 Å². The van der Waals surface area contributed by atoms with Crippen molar-refractivity contribution in [2.45, 2.75) is 23.8 Å². The molecule has 0 fully saturated rings. The van der Waals surface area contributed by atoms with Gasteiger partial charge in [0.25, 0.3) is 0 Å². The van der Waals surface area contributed by atoms with Gasteiger partial charge in [-0.25, -0.2) is 4.98 Å². The molecule has 0 bridgehead atoms. The van der Waals surface area contributed by atoms with Crippen LogP contribution in [0.25, 0.3) is 0 Å². The molecule has 1 heterocycles. The average molecular weight is 261 g/mol. The third kappa shape index (κ3) is 2.56. The summed E-state index contributed by atoms with van der Waals surface area (Å²) in [5.41, 5.74) is 8.87. The average Bonchev–Trinajstić information content (AvgIpc) is 2.35. The molecule has 0 spiro atoms. The van der Waals surface area contributed by atoms with Gasteiger partial charge in [0.2, 0.25) is 5.88 Å². The summed E-state index contributed by atoms with van der Waals surface area (Å²) in [5, 5.41) is 0.716. The van der Waals surface area contributed by atoms with Crippen LogP contribution in [-0.4, -0.2) is 17.1 Å². The maximum atomic E-state index is 5.95. The van der Waals surface area contributed by atoms with E-state index in [1.165, 1.54) is 29.2 Å². The zero-order chi connectivity index (χ0) is 13.1. The van der Waals surface area contributed by atoms with Crippen LogP contribution in [0.15, 0.2) is 34.4 Å². The molecule has 94 valence electrons. The van der Waals surface area contributed by atoms with Crippen LogP contribution in [0.4, 0.5) is 5.69 Å². The molecule has 0 aliphatic heterocycles. The number of ether oxygens (including phenoxy) is 1. The Balaban J connectivity index is 2.34. The molecule has 0 aliphatic carbocycles. The molecule has 5 heteroatoms. The van der Waals surface area contributed by atoms with E-state index in [1.54, 1.807) is 7.11 Å². The van der Waals surface area contributed by atoms with Crippen molar-refractivity contribution in [3.05, 3.63) is 35.7 Å². The smallest absolute Gasteiger partial charge is 0.241 e. The minimum atomic E-state index is 0.414. The van der Waals surface area contributed by atoms with Crippen LogP contribution in [0.3, 0.4) is 0 Å². The second-order valence-corrected chi connectivity index (χ2v) is 5.00. The van der Waals surface area contributed by atoms with E-state index in [0.717, 1.165) is 4.90 Å². The van der Waals surface area contributed by atoms with Crippen molar-refractivity contribution >= 4 is 17.4 Å². The molecule has 1 aromatic carbocycles. The Morgan fingerprint density at radius 2 is 2.00 bits per heavy atom. The second-order valence-electron chi connectivity index (χ2n) is 3.97. The first-order valence-corrected chi connectivity index (χ1v) is 6.33. The summed E-state index contributed by atoms with van der Waals surface area (Å²) in [6, 6.07) is 6.28. The lowest BCUT2D eigenvalue weighted by atomic mass is 10.2. The van der Waals surface area contributed by atoms with Gasteiger partial charge in [-0.05, 0) is 25.5 Å². The molecule has 0 atom stereocenters. The minimum Gasteiger partial charge on any atom is -0.479 e. The highest BCUT2D eigenvalue weighted by Gasteiger charge is 2.10. The van der Waals surface area contributed by atoms with E-state index in [2.05, 4.69) is 42.0 Å². The van der Waals surface area contributed by atoms with Gasteiger partial charge in [-0.2, -0.15) is 4.98 Å². The van der Waals surface area contributed by atoms with Crippen molar-refractivity contribution < 1.29 is 4.74 Å². The van der Waals surface area contributed by atoms with Crippen molar-refractivity contribution in [3.63, 3.8) is 0 Å². The molecule has 0 aliphatic rings. The van der Waals surface area contributed by atoms with Gasteiger partial charge in [0.15, 0.2) is 0 Å². The monoisotopic (exact) mass is 261 g/mol. The number of hydrogen-bond donors (Lipinski definition) is 1. The Kier molecular flexibility index (Phi) is 3.72. The lowest BCUT2D eigenvalue weighted by Crippen LogP contribution is -1.99. The lowest BCUT2D eigenvalue weighted by molar-refractivity contribution is 0.397. The van der Waals surface area contributed by atoms with Gasteiger partial charge in [0, 0.05) is 4.90 Å². The third-order valence-electron chi connectivity index (χ3n) is 2.54. The molecular weight excluding hydrogens is 246 g/mol. The first-order chi connectivity index (χ1) is 8.61. The molecule has 4 nitrogen and oxygen atoms in total. The van der Waals surface area contributed by atoms with E-state index in [-0.39, 0.29) is 0 Å². The third-order valence-corrected chi connectivity index (χ3v) is 3.74. The number of anilines is 1. The zero-order valence-electron chi connectivity index (χ0n) is 10.6. The summed E-state index contributed by atoms with van der Waals surface area (Å²) >= 11 is 1.52. The van der Waals surface area contributed by atoms with Crippen molar-refractivity contribution in [2.75, 3.05) is 12.8 Å². The molecule has 2 rings (SSSR count). The number of aryl methyl sites for hydroxylation is 2. The fraction of sp³-hybridized carbons (Fsp3) is 0.231. The standard InChI is InChI=1S/C13H15N3OS/c1-8-4-5-10(9(2)6-8)18-13-11(14)12(17-3)15-7-16-13/h4-7H,14H2,1-3H3. The Hall–Kier alpha value is -1.75. The second kappa shape index (κ2) is 5.27. The van der Waals surface area contributed by atoms with Crippen LogP contribution < -0.4 is 10.5 Å². The summed E-state index contributed by atoms with van der Waals surface area (Å²) in [7, 11) is 1.55. The van der Waals surface area contributed by atoms with Crippen molar-refractivity contribution in [3.8, 4) is 5.88 Å². The van der Waals surface area contributed by atoms with Gasteiger partial charge in [0.05, 0.1) is 7.11 Å². The van der Waals surface area contributed by atoms with Crippen molar-refractivity contribution in [1.29, 1.82) is 0 Å². The van der Waals surface area contributed by atoms with Crippen molar-refractivity contribution in [1.82, 2.24) is 9.97 Å². The number of rotatable bonds is 3. The van der Waals surface area contributed by atoms with Crippen LogP contribution in [0.5, 0.6) is 5.88 Å². The van der Waals surface area contributed by atoms with Gasteiger partial charge in [0.1, 0.15) is 17.0 Å². The minimum absolute atomic E-state index is 0.414. The number of nitrogens with zero attached hydrogens (tertiary/aromatic N) is 2. The van der Waals surface area contributed by atoms with E-state index in [1.807, 2.05) is 0 Å². The van der Waals surface area contributed by atoms with E-state index in [4.69, 9.17) is 10.5 Å². The van der Waals surface area contributed by atoms with Gasteiger partial charge >= 0.3 is 0 Å². The van der Waals surface area contributed by atoms with Crippen LogP contribution in [0.1, 0.15) is 11.1 Å². The SMILES string of the molecule is COc1ncnc(Sc2ccc(C)cc2C)c1N. The first-order valence-electron chi connectivity index (χ1n) is 5.51. The maximum absolute atomic E-state index is 5.95. The van der Waals surface area contributed by atoms with E-state index in [0.29, 0.717) is 16.6 Å². The highest BCUT2D eigenvalue weighted by molar-refractivity contribution is 7.99. The van der Waals surface area contributed by atoms with Gasteiger partial charge in [-0.15, -0.1) is 0 Å². The summed E-state index contributed by atoms with van der Waals surface area (Å²) in [4.78, 5) is 9.29. The molecular formula is C13H15N3OS. The topological polar surface area (TPSA) is 61.0 Å². The highest BCUT2D eigenvalue weighted by atomic mass is 32.2. The summed E-state index contributed by atoms with van der Waals surface area (Å²) in [6.45, 7) is 4.15. The number of hydrogen-bond acceptors (Lipinski definition) is 5. The Bertz CT molecular complexity index is 572. The number of benzene rings is 1. The maximum Gasteiger partial charge on any atom is 0.241 e. The summed E-state index contributed by atoms with van der Waals surface area (Å²) < 4.78 is 5.08. The predicted molar refractivity (Wildman–Crippen MR) is 73.0 cm³/mol. The largest absolute Gasteiger partial charge is 0.479 e. The number of nitrogens with two attached hydrogens (primary N) is 1. The molecule has 0 amide bonds. The Morgan fingerprint density at radius 1 is 1.22 bits per heavy atom. The summed E-state index contributed by atoms with van der Waals surface area (Å²) in [5.74, 6) is 0.414. The number of methoxy groups -OCH3 is 1. The van der Waals surface area contributed by atoms with Gasteiger partial charge in [-0.3, -0.25) is 0 Å². The fourth-order valence-electron chi connectivity index (χ4n) is 1.63. The number of aromatic nitrogens is 2. The van der Waals surface area contributed by atoms with E-state index in [9.17, 15) is 0 Å². The Morgan fingerprint density at radius 3 is 2.67 bits per heavy atom. The molecule has 2 N–H and O–H groups in total. The molecule has 2 aromatic rings. The van der Waals surface area contributed by atoms with Crippen LogP contribution in [-0.2, 0) is 0 Å². The quantitative estimate of drug-likeness (QED) is 0.861. The highest BCUT2D eigenvalue weighted by Crippen LogP contribution is 2.35. The summed E-state index contributed by atoms with van der Waals surface area (Å²) in [6.07, 6.45) is 1.46. The molecule has 0 saturated heterocycles. The van der Waals surface area contributed by atoms with Crippen molar-refractivity contribution in [2.24, 2.45) is 0 Å². The Labute approximate surface area is 111 Å². The number of nitrogen functional groups attached to an aromatic ring is 1. The van der Waals surface area contributed by atoms with Gasteiger partial charge in [-0.1, -0.05) is 29.5 Å². The van der Waals surface area contributed by atoms with Crippen LogP contribution >= 0.6 is 11.8 Å². The first kappa shape index (κ1) is 12.7. The fourth-order valence-corrected chi connectivity index (χ4v) is 2.49. The molecule has 1 aromatic heterocycles. The van der Waals surface area contributed by atoms with Crippen LogP contribution in [0.2, 0.25) is 0 Å². The van der Waals surface area contributed by atoms with Gasteiger partial charge < -0.3 is 10.5 Å². The molecule has 0 unspecified atom stereocenters. The lowest BCUT2D eigenvalue weighted by Gasteiger charge is -2.09. The zero-order valence-corrected chi connectivity index (χ0v) is 11.4. The van der Waals surface area contributed by atoms with E-state index < -0.39 is 0 Å². The normalized spacial score (nSPS) is 10.4. The predicted octanol–water partition coefficient (Wildman–Crippen LogP) is 2.84. The molecule has 0 radical (unpaired) electrons. The van der Waals surface area contributed by atoms with E-state index >= 15 is 0 Å².